The van der Waals surface area contributed by atoms with Crippen LogP contribution >= 0.6 is 0 Å². The highest BCUT2D eigenvalue weighted by Crippen LogP contribution is 2.27. The fourth-order valence-corrected chi connectivity index (χ4v) is 4.16. The molecule has 25 heavy (non-hydrogen) atoms. The van der Waals surface area contributed by atoms with E-state index < -0.39 is 0 Å². The first-order chi connectivity index (χ1) is 12.2. The molecule has 1 aromatic heterocycles. The summed E-state index contributed by atoms with van der Waals surface area (Å²) in [5.41, 5.74) is 2.84. The highest BCUT2D eigenvalue weighted by atomic mass is 16.2. The van der Waals surface area contributed by atoms with Gasteiger partial charge in [-0.2, -0.15) is 0 Å². The topological polar surface area (TPSA) is 49.3 Å². The van der Waals surface area contributed by atoms with Crippen LogP contribution < -0.4 is 4.90 Å². The van der Waals surface area contributed by atoms with Gasteiger partial charge in [-0.1, -0.05) is 25.0 Å². The van der Waals surface area contributed by atoms with Crippen molar-refractivity contribution in [3.8, 4) is 0 Å². The lowest BCUT2D eigenvalue weighted by Gasteiger charge is -2.25. The van der Waals surface area contributed by atoms with Crippen LogP contribution in [0.2, 0.25) is 0 Å². The number of aryl methyl sites for hydroxylation is 1. The Morgan fingerprint density at radius 1 is 0.960 bits per heavy atom. The first kappa shape index (κ1) is 16.3. The van der Waals surface area contributed by atoms with Gasteiger partial charge in [0.2, 0.25) is 5.91 Å². The maximum absolute atomic E-state index is 12.7. The van der Waals surface area contributed by atoms with Gasteiger partial charge in [0.15, 0.2) is 5.82 Å². The second-order valence-electron chi connectivity index (χ2n) is 7.27. The smallest absolute Gasteiger partial charge is 0.225 e. The fourth-order valence-electron chi connectivity index (χ4n) is 4.16. The number of fused-ring (bicyclic) bond motifs is 1. The quantitative estimate of drug-likeness (QED) is 0.844. The first-order valence-corrected chi connectivity index (χ1v) is 9.49. The molecular weight excluding hydrogens is 312 g/mol. The summed E-state index contributed by atoms with van der Waals surface area (Å²) >= 11 is 0. The number of carbonyl (C=O) groups is 1. The van der Waals surface area contributed by atoms with Gasteiger partial charge < -0.3 is 9.80 Å². The van der Waals surface area contributed by atoms with Crippen molar-refractivity contribution < 1.29 is 4.79 Å². The second-order valence-corrected chi connectivity index (χ2v) is 7.27. The maximum atomic E-state index is 12.7. The van der Waals surface area contributed by atoms with Crippen molar-refractivity contribution in [1.29, 1.82) is 0 Å². The van der Waals surface area contributed by atoms with E-state index in [9.17, 15) is 4.79 Å². The lowest BCUT2D eigenvalue weighted by atomic mass is 10.1. The van der Waals surface area contributed by atoms with E-state index >= 15 is 0 Å². The summed E-state index contributed by atoms with van der Waals surface area (Å²) in [6.45, 7) is 5.46. The van der Waals surface area contributed by atoms with Crippen molar-refractivity contribution in [2.24, 2.45) is 5.92 Å². The Morgan fingerprint density at radius 3 is 2.44 bits per heavy atom. The predicted octanol–water partition coefficient (Wildman–Crippen LogP) is 3.17. The number of hydrogen-bond donors (Lipinski definition) is 0. The Kier molecular flexibility index (Phi) is 4.55. The van der Waals surface area contributed by atoms with Gasteiger partial charge >= 0.3 is 0 Å². The van der Waals surface area contributed by atoms with Crippen LogP contribution in [0.5, 0.6) is 0 Å². The maximum Gasteiger partial charge on any atom is 0.225 e. The molecule has 2 aliphatic rings. The number of amides is 1. The second kappa shape index (κ2) is 6.98. The Balaban J connectivity index is 1.51. The van der Waals surface area contributed by atoms with Crippen molar-refractivity contribution in [2.45, 2.75) is 39.0 Å². The van der Waals surface area contributed by atoms with Gasteiger partial charge in [-0.3, -0.25) is 4.79 Å². The fraction of sp³-hybridized carbons (Fsp3) is 0.550. The average Bonchev–Trinajstić information content (AvgIpc) is 3.05. The van der Waals surface area contributed by atoms with E-state index in [1.807, 2.05) is 31.2 Å². The van der Waals surface area contributed by atoms with Crippen molar-refractivity contribution >= 4 is 22.8 Å². The minimum atomic E-state index is 0.272. The molecule has 2 aromatic rings. The zero-order valence-electron chi connectivity index (χ0n) is 14.9. The predicted molar refractivity (Wildman–Crippen MR) is 99.6 cm³/mol. The Bertz CT molecular complexity index is 769. The van der Waals surface area contributed by atoms with Gasteiger partial charge in [-0.25, -0.2) is 9.97 Å². The SMILES string of the molecule is Cc1nc2ccccc2nc1N1CCCN(C(=O)C2CCCC2)CC1. The van der Waals surface area contributed by atoms with Crippen LogP contribution in [0.4, 0.5) is 5.82 Å². The van der Waals surface area contributed by atoms with Gasteiger partial charge in [0.1, 0.15) is 0 Å². The van der Waals surface area contributed by atoms with Crippen LogP contribution in [0.25, 0.3) is 11.0 Å². The summed E-state index contributed by atoms with van der Waals surface area (Å²) in [6.07, 6.45) is 5.57. The lowest BCUT2D eigenvalue weighted by Crippen LogP contribution is -2.38. The molecule has 0 spiro atoms. The van der Waals surface area contributed by atoms with Crippen LogP contribution in [0.1, 0.15) is 37.8 Å². The molecule has 1 saturated heterocycles. The zero-order chi connectivity index (χ0) is 17.2. The number of anilines is 1. The zero-order valence-corrected chi connectivity index (χ0v) is 14.9. The number of para-hydroxylation sites is 2. The van der Waals surface area contributed by atoms with E-state index in [4.69, 9.17) is 9.97 Å². The average molecular weight is 338 g/mol. The van der Waals surface area contributed by atoms with Crippen LogP contribution in [-0.4, -0.2) is 47.0 Å². The van der Waals surface area contributed by atoms with Crippen molar-refractivity contribution in [2.75, 3.05) is 31.1 Å². The number of benzene rings is 1. The molecule has 1 aromatic carbocycles. The normalized spacial score (nSPS) is 19.4. The van der Waals surface area contributed by atoms with Gasteiger partial charge in [-0.05, 0) is 38.3 Å². The number of aromatic nitrogens is 2. The highest BCUT2D eigenvalue weighted by Gasteiger charge is 2.28. The molecule has 1 aliphatic carbocycles. The molecule has 0 atom stereocenters. The van der Waals surface area contributed by atoms with Crippen molar-refractivity contribution in [3.63, 3.8) is 0 Å². The van der Waals surface area contributed by atoms with E-state index in [0.717, 1.165) is 68.0 Å². The molecule has 0 radical (unpaired) electrons. The number of carbonyl (C=O) groups excluding carboxylic acids is 1. The summed E-state index contributed by atoms with van der Waals surface area (Å²) < 4.78 is 0. The molecule has 5 heteroatoms. The molecule has 4 rings (SSSR count). The van der Waals surface area contributed by atoms with Crippen LogP contribution in [-0.2, 0) is 4.79 Å². The van der Waals surface area contributed by atoms with E-state index in [2.05, 4.69) is 9.80 Å². The van der Waals surface area contributed by atoms with E-state index in [1.165, 1.54) is 12.8 Å². The standard InChI is InChI=1S/C20H26N4O/c1-15-19(22-18-10-5-4-9-17(18)21-15)23-11-6-12-24(14-13-23)20(25)16-7-2-3-8-16/h4-5,9-10,16H,2-3,6-8,11-14H2,1H3. The van der Waals surface area contributed by atoms with Gasteiger partial charge in [0, 0.05) is 32.1 Å². The van der Waals surface area contributed by atoms with Crippen molar-refractivity contribution in [3.05, 3.63) is 30.0 Å². The van der Waals surface area contributed by atoms with Crippen LogP contribution in [0, 0.1) is 12.8 Å². The minimum Gasteiger partial charge on any atom is -0.353 e. The molecule has 2 heterocycles. The minimum absolute atomic E-state index is 0.272. The summed E-state index contributed by atoms with van der Waals surface area (Å²) in [6, 6.07) is 8.01. The number of rotatable bonds is 2. The van der Waals surface area contributed by atoms with Gasteiger partial charge in [-0.15, -0.1) is 0 Å². The summed E-state index contributed by atoms with van der Waals surface area (Å²) in [5, 5.41) is 0. The van der Waals surface area contributed by atoms with Crippen LogP contribution in [0.15, 0.2) is 24.3 Å². The molecule has 2 fully saturated rings. The molecule has 1 aliphatic heterocycles. The molecule has 5 nitrogen and oxygen atoms in total. The first-order valence-electron chi connectivity index (χ1n) is 9.49. The molecule has 0 bridgehead atoms. The van der Waals surface area contributed by atoms with E-state index in [1.54, 1.807) is 0 Å². The highest BCUT2D eigenvalue weighted by molar-refractivity contribution is 5.79. The van der Waals surface area contributed by atoms with Crippen molar-refractivity contribution in [1.82, 2.24) is 14.9 Å². The summed E-state index contributed by atoms with van der Waals surface area (Å²) in [4.78, 5) is 26.7. The van der Waals surface area contributed by atoms with Crippen LogP contribution in [0.3, 0.4) is 0 Å². The Morgan fingerprint density at radius 2 is 1.68 bits per heavy atom. The third-order valence-electron chi connectivity index (χ3n) is 5.53. The molecule has 0 unspecified atom stereocenters. The Hall–Kier alpha value is -2.17. The molecule has 0 N–H and O–H groups in total. The third kappa shape index (κ3) is 3.32. The number of hydrogen-bond acceptors (Lipinski definition) is 4. The largest absolute Gasteiger partial charge is 0.353 e. The van der Waals surface area contributed by atoms with Gasteiger partial charge in [0.25, 0.3) is 0 Å². The molecule has 1 saturated carbocycles. The van der Waals surface area contributed by atoms with E-state index in [-0.39, 0.29) is 5.92 Å². The molecular formula is C20H26N4O. The third-order valence-corrected chi connectivity index (χ3v) is 5.53. The lowest BCUT2D eigenvalue weighted by molar-refractivity contribution is -0.135. The summed E-state index contributed by atoms with van der Waals surface area (Å²) in [7, 11) is 0. The number of nitrogens with zero attached hydrogens (tertiary/aromatic N) is 4. The summed E-state index contributed by atoms with van der Waals surface area (Å²) in [5.74, 6) is 1.61. The monoisotopic (exact) mass is 338 g/mol. The molecule has 132 valence electrons. The van der Waals surface area contributed by atoms with E-state index in [0.29, 0.717) is 5.91 Å². The molecule has 1 amide bonds. The Labute approximate surface area is 149 Å². The van der Waals surface area contributed by atoms with Gasteiger partial charge in [0.05, 0.1) is 16.7 Å².